The average Bonchev–Trinajstić information content (AvgIpc) is 2.71. The minimum Gasteiger partial charge on any atom is -0.380 e. The van der Waals surface area contributed by atoms with Crippen molar-refractivity contribution in [2.24, 2.45) is 0 Å². The predicted octanol–water partition coefficient (Wildman–Crippen LogP) is 0.600. The van der Waals surface area contributed by atoms with E-state index in [2.05, 4.69) is 16.0 Å². The lowest BCUT2D eigenvalue weighted by molar-refractivity contribution is 0.252. The molecule has 1 aromatic rings. The summed E-state index contributed by atoms with van der Waals surface area (Å²) in [5.74, 6) is 0. The van der Waals surface area contributed by atoms with Crippen molar-refractivity contribution in [3.63, 3.8) is 0 Å². The maximum absolute atomic E-state index is 11.6. The van der Waals surface area contributed by atoms with Crippen molar-refractivity contribution in [3.05, 3.63) is 24.3 Å². The monoisotopic (exact) mass is 232 g/mol. The number of benzene rings is 1. The molecule has 1 aromatic carbocycles. The third-order valence-corrected chi connectivity index (χ3v) is 3.17. The highest BCUT2D eigenvalue weighted by Crippen LogP contribution is 2.21. The van der Waals surface area contributed by atoms with Gasteiger partial charge in [-0.05, 0) is 18.2 Å². The molecule has 2 aliphatic rings. The zero-order valence-electron chi connectivity index (χ0n) is 9.57. The molecule has 0 aliphatic carbocycles. The van der Waals surface area contributed by atoms with Crippen LogP contribution in [-0.2, 0) is 0 Å². The summed E-state index contributed by atoms with van der Waals surface area (Å²) in [5, 5.41) is 9.46. The zero-order valence-corrected chi connectivity index (χ0v) is 9.57. The lowest BCUT2D eigenvalue weighted by Gasteiger charge is -2.29. The number of amides is 2. The Morgan fingerprint density at radius 2 is 2.24 bits per heavy atom. The van der Waals surface area contributed by atoms with Crippen LogP contribution in [0.1, 0.15) is 0 Å². The molecule has 3 rings (SSSR count). The van der Waals surface area contributed by atoms with Crippen LogP contribution < -0.4 is 20.9 Å². The van der Waals surface area contributed by atoms with Gasteiger partial charge < -0.3 is 16.0 Å². The molecular weight excluding hydrogens is 216 g/mol. The van der Waals surface area contributed by atoms with E-state index in [0.29, 0.717) is 6.04 Å². The largest absolute Gasteiger partial charge is 0.380 e. The molecule has 2 amide bonds. The fourth-order valence-corrected chi connectivity index (χ4v) is 2.11. The lowest BCUT2D eigenvalue weighted by Crippen LogP contribution is -2.51. The molecule has 2 aliphatic heterocycles. The third kappa shape index (κ3) is 2.06. The number of carbonyl (C=O) groups is 1. The topological polar surface area (TPSA) is 56.4 Å². The Hall–Kier alpha value is -1.75. The van der Waals surface area contributed by atoms with Gasteiger partial charge >= 0.3 is 6.03 Å². The highest BCUT2D eigenvalue weighted by molar-refractivity contribution is 5.94. The highest BCUT2D eigenvalue weighted by atomic mass is 16.2. The van der Waals surface area contributed by atoms with E-state index in [1.807, 2.05) is 24.3 Å². The van der Waals surface area contributed by atoms with Crippen molar-refractivity contribution >= 4 is 17.4 Å². The Kier molecular flexibility index (Phi) is 2.60. The van der Waals surface area contributed by atoms with E-state index in [-0.39, 0.29) is 6.03 Å². The summed E-state index contributed by atoms with van der Waals surface area (Å²) in [5.41, 5.74) is 2.03. The van der Waals surface area contributed by atoms with Crippen molar-refractivity contribution in [3.8, 4) is 0 Å². The first kappa shape index (κ1) is 10.4. The molecule has 2 fully saturated rings. The van der Waals surface area contributed by atoms with Crippen LogP contribution in [0.2, 0.25) is 0 Å². The van der Waals surface area contributed by atoms with E-state index in [0.717, 1.165) is 37.6 Å². The Bertz CT molecular complexity index is 430. The average molecular weight is 232 g/mol. The molecule has 0 bridgehead atoms. The Balaban J connectivity index is 1.75. The molecular formula is C12H16N4O. The number of hydrogen-bond donors (Lipinski definition) is 3. The maximum atomic E-state index is 11.6. The second-order valence-electron chi connectivity index (χ2n) is 4.43. The molecule has 90 valence electrons. The molecule has 5 heteroatoms. The molecule has 0 radical (unpaired) electrons. The van der Waals surface area contributed by atoms with Gasteiger partial charge in [-0.25, -0.2) is 4.79 Å². The quantitative estimate of drug-likeness (QED) is 0.715. The minimum absolute atomic E-state index is 0.00698. The van der Waals surface area contributed by atoms with E-state index in [4.69, 9.17) is 0 Å². The maximum Gasteiger partial charge on any atom is 0.321 e. The zero-order chi connectivity index (χ0) is 11.7. The van der Waals surface area contributed by atoms with Crippen molar-refractivity contribution < 1.29 is 4.79 Å². The number of nitrogens with zero attached hydrogens (tertiary/aromatic N) is 1. The number of carbonyl (C=O) groups excluding carboxylic acids is 1. The Labute approximate surface area is 100 Å². The van der Waals surface area contributed by atoms with Gasteiger partial charge in [-0.3, -0.25) is 4.90 Å². The van der Waals surface area contributed by atoms with Crippen LogP contribution in [0.4, 0.5) is 16.2 Å². The van der Waals surface area contributed by atoms with E-state index >= 15 is 0 Å². The van der Waals surface area contributed by atoms with Gasteiger partial charge in [0.1, 0.15) is 0 Å². The van der Waals surface area contributed by atoms with Crippen LogP contribution in [-0.4, -0.2) is 38.3 Å². The summed E-state index contributed by atoms with van der Waals surface area (Å²) >= 11 is 0. The lowest BCUT2D eigenvalue weighted by atomic mass is 10.1. The van der Waals surface area contributed by atoms with Gasteiger partial charge in [0.15, 0.2) is 0 Å². The van der Waals surface area contributed by atoms with Crippen LogP contribution in [0.3, 0.4) is 0 Å². The SMILES string of the molecule is O=C1NCCN1c1cccc(NC2CNC2)c1. The minimum atomic E-state index is -0.00698. The first-order chi connectivity index (χ1) is 8.33. The second-order valence-corrected chi connectivity index (χ2v) is 4.43. The van der Waals surface area contributed by atoms with E-state index < -0.39 is 0 Å². The molecule has 5 nitrogen and oxygen atoms in total. The number of hydrogen-bond acceptors (Lipinski definition) is 3. The standard InChI is InChI=1S/C12H16N4O/c17-12-14-4-5-16(12)11-3-1-2-9(6-11)15-10-7-13-8-10/h1-3,6,10,13,15H,4-5,7-8H2,(H,14,17). The van der Waals surface area contributed by atoms with E-state index in [1.54, 1.807) is 4.90 Å². The summed E-state index contributed by atoms with van der Waals surface area (Å²) < 4.78 is 0. The summed E-state index contributed by atoms with van der Waals surface area (Å²) in [6, 6.07) is 8.52. The van der Waals surface area contributed by atoms with Crippen molar-refractivity contribution in [2.75, 3.05) is 36.4 Å². The molecule has 0 unspecified atom stereocenters. The predicted molar refractivity (Wildman–Crippen MR) is 67.5 cm³/mol. The van der Waals surface area contributed by atoms with Gasteiger partial charge in [0, 0.05) is 37.6 Å². The smallest absolute Gasteiger partial charge is 0.321 e. The number of rotatable bonds is 3. The Morgan fingerprint density at radius 1 is 1.35 bits per heavy atom. The third-order valence-electron chi connectivity index (χ3n) is 3.17. The first-order valence-electron chi connectivity index (χ1n) is 5.95. The fraction of sp³-hybridized carbons (Fsp3) is 0.417. The summed E-state index contributed by atoms with van der Waals surface area (Å²) in [4.78, 5) is 13.3. The number of nitrogens with one attached hydrogen (secondary N) is 3. The molecule has 0 spiro atoms. The van der Waals surface area contributed by atoms with E-state index in [1.165, 1.54) is 0 Å². The van der Waals surface area contributed by atoms with Crippen molar-refractivity contribution in [1.82, 2.24) is 10.6 Å². The van der Waals surface area contributed by atoms with Crippen molar-refractivity contribution in [2.45, 2.75) is 6.04 Å². The van der Waals surface area contributed by atoms with Crippen LogP contribution in [0, 0.1) is 0 Å². The molecule has 0 aromatic heterocycles. The van der Waals surface area contributed by atoms with Gasteiger partial charge in [-0.15, -0.1) is 0 Å². The van der Waals surface area contributed by atoms with Gasteiger partial charge in [0.25, 0.3) is 0 Å². The van der Waals surface area contributed by atoms with Crippen LogP contribution in [0.25, 0.3) is 0 Å². The molecule has 0 atom stereocenters. The summed E-state index contributed by atoms with van der Waals surface area (Å²) in [7, 11) is 0. The van der Waals surface area contributed by atoms with Crippen LogP contribution in [0.5, 0.6) is 0 Å². The summed E-state index contributed by atoms with van der Waals surface area (Å²) in [6.45, 7) is 3.49. The molecule has 3 N–H and O–H groups in total. The van der Waals surface area contributed by atoms with Gasteiger partial charge in [0.2, 0.25) is 0 Å². The van der Waals surface area contributed by atoms with Crippen LogP contribution >= 0.6 is 0 Å². The molecule has 0 saturated carbocycles. The first-order valence-corrected chi connectivity index (χ1v) is 5.95. The Morgan fingerprint density at radius 3 is 2.88 bits per heavy atom. The van der Waals surface area contributed by atoms with Crippen LogP contribution in [0.15, 0.2) is 24.3 Å². The van der Waals surface area contributed by atoms with Gasteiger partial charge in [-0.2, -0.15) is 0 Å². The van der Waals surface area contributed by atoms with E-state index in [9.17, 15) is 4.79 Å². The summed E-state index contributed by atoms with van der Waals surface area (Å²) in [6.07, 6.45) is 0. The molecule has 2 heterocycles. The number of urea groups is 1. The normalized spacial score (nSPS) is 20.0. The van der Waals surface area contributed by atoms with Gasteiger partial charge in [-0.1, -0.05) is 6.07 Å². The molecule has 17 heavy (non-hydrogen) atoms. The fourth-order valence-electron chi connectivity index (χ4n) is 2.11. The van der Waals surface area contributed by atoms with Crippen molar-refractivity contribution in [1.29, 1.82) is 0 Å². The number of anilines is 2. The second kappa shape index (κ2) is 4.25. The van der Waals surface area contributed by atoms with Gasteiger partial charge in [0.05, 0.1) is 6.04 Å². The molecule has 2 saturated heterocycles. The highest BCUT2D eigenvalue weighted by Gasteiger charge is 2.21.